The molecular formula is C73H133NO18. The van der Waals surface area contributed by atoms with E-state index in [0.717, 1.165) is 44.9 Å². The second-order valence-corrected chi connectivity index (χ2v) is 26.4. The molecule has 0 aromatic carbocycles. The first-order chi connectivity index (χ1) is 44.8. The number of carbonyl (C=O) groups excluding carboxylic acids is 1. The van der Waals surface area contributed by atoms with Crippen LogP contribution in [-0.2, 0) is 33.2 Å². The fraction of sp³-hybridized carbons (Fsp3) is 0.877. The quantitative estimate of drug-likeness (QED) is 0.0199. The van der Waals surface area contributed by atoms with Crippen LogP contribution in [0.1, 0.15) is 277 Å². The molecule has 17 unspecified atom stereocenters. The molecule has 17 atom stereocenters. The summed E-state index contributed by atoms with van der Waals surface area (Å²) < 4.78 is 34.3. The number of carbonyl (C=O) groups is 1. The molecule has 3 saturated heterocycles. The van der Waals surface area contributed by atoms with Crippen molar-refractivity contribution in [3.63, 3.8) is 0 Å². The summed E-state index contributed by atoms with van der Waals surface area (Å²) in [6.45, 7) is 1.71. The highest BCUT2D eigenvalue weighted by Gasteiger charge is 2.53. The molecule has 92 heavy (non-hydrogen) atoms. The average molecular weight is 1310 g/mol. The van der Waals surface area contributed by atoms with Crippen LogP contribution in [0.15, 0.2) is 48.6 Å². The summed E-state index contributed by atoms with van der Waals surface area (Å²) in [5, 5.41) is 120. The summed E-state index contributed by atoms with van der Waals surface area (Å²) in [6.07, 6.45) is 39.7. The molecule has 3 fully saturated rings. The van der Waals surface area contributed by atoms with Crippen molar-refractivity contribution in [1.29, 1.82) is 0 Å². The number of hydrogen-bond donors (Lipinski definition) is 12. The largest absolute Gasteiger partial charge is 0.394 e. The maximum Gasteiger partial charge on any atom is 0.220 e. The van der Waals surface area contributed by atoms with E-state index in [1.165, 1.54) is 199 Å². The molecule has 3 heterocycles. The standard InChI is InChI=1S/C73H133NO18/c1-3-5-7-9-11-13-15-17-19-21-22-23-24-25-26-27-28-29-30-31-32-33-34-35-37-39-41-43-45-47-49-51-61(79)74-56(57(78)50-48-46-44-42-40-38-36-20-18-16-14-12-10-8-6-4-2)55-87-71-67(85)64(82)69(59(53-76)89-71)92-73-68(86)65(83)70(60(54-77)90-73)91-72-66(84)63(81)62(80)58(52-75)88-72/h18,20-22,40,42,48,50,56-60,62-73,75-78,80-86H,3-17,19,23-39,41,43-47,49,51-55H2,1-2H3,(H,74,79)/b20-18+,22-21-,42-40+,50-48+. The van der Waals surface area contributed by atoms with Crippen LogP contribution in [0.5, 0.6) is 0 Å². The van der Waals surface area contributed by atoms with Gasteiger partial charge in [-0.15, -0.1) is 0 Å². The molecule has 0 bridgehead atoms. The maximum atomic E-state index is 13.4. The number of aliphatic hydroxyl groups is 11. The Bertz CT molecular complexity index is 1860. The molecule has 538 valence electrons. The Morgan fingerprint density at radius 2 is 0.696 bits per heavy atom. The number of allylic oxidation sites excluding steroid dienone is 7. The first-order valence-corrected chi connectivity index (χ1v) is 36.9. The Morgan fingerprint density at radius 1 is 0.380 bits per heavy atom. The van der Waals surface area contributed by atoms with E-state index in [1.807, 2.05) is 6.08 Å². The molecule has 0 aromatic rings. The fourth-order valence-corrected chi connectivity index (χ4v) is 12.3. The van der Waals surface area contributed by atoms with Crippen molar-refractivity contribution < 1.29 is 89.4 Å². The summed E-state index contributed by atoms with van der Waals surface area (Å²) in [5.41, 5.74) is 0. The van der Waals surface area contributed by atoms with E-state index < -0.39 is 124 Å². The minimum atomic E-state index is -1.98. The van der Waals surface area contributed by atoms with Gasteiger partial charge in [-0.1, -0.05) is 249 Å². The van der Waals surface area contributed by atoms with Crippen LogP contribution in [0, 0.1) is 0 Å². The van der Waals surface area contributed by atoms with Gasteiger partial charge in [-0.2, -0.15) is 0 Å². The van der Waals surface area contributed by atoms with E-state index in [0.29, 0.717) is 12.8 Å². The van der Waals surface area contributed by atoms with E-state index in [-0.39, 0.29) is 18.9 Å². The first kappa shape index (κ1) is 84.0. The predicted molar refractivity (Wildman–Crippen MR) is 360 cm³/mol. The SMILES string of the molecule is CCCCCCCC/C=C/CC/C=C/CC/C=C/C(O)C(COC1OC(CO)C(OC2OC(CO)C(OC3OC(CO)C(O)C(O)C3O)C(O)C2O)C(O)C1O)NC(=O)CCCCCCCCCCCCCCCCCCCCC/C=C\CCCCCCCCCC. The van der Waals surface area contributed by atoms with E-state index in [4.69, 9.17) is 28.4 Å². The summed E-state index contributed by atoms with van der Waals surface area (Å²) in [4.78, 5) is 13.4. The smallest absolute Gasteiger partial charge is 0.220 e. The topological polar surface area (TPSA) is 307 Å². The van der Waals surface area contributed by atoms with Crippen molar-refractivity contribution in [3.8, 4) is 0 Å². The Kier molecular flexibility index (Phi) is 50.0. The molecule has 0 radical (unpaired) electrons. The van der Waals surface area contributed by atoms with Crippen LogP contribution in [0.4, 0.5) is 0 Å². The molecule has 1 amide bonds. The molecule has 19 nitrogen and oxygen atoms in total. The second kappa shape index (κ2) is 54.7. The highest BCUT2D eigenvalue weighted by Crippen LogP contribution is 2.33. The van der Waals surface area contributed by atoms with Gasteiger partial charge in [-0.25, -0.2) is 0 Å². The number of amides is 1. The molecule has 0 saturated carbocycles. The second-order valence-electron chi connectivity index (χ2n) is 26.4. The monoisotopic (exact) mass is 1310 g/mol. The van der Waals surface area contributed by atoms with Gasteiger partial charge in [0.2, 0.25) is 5.91 Å². The number of hydrogen-bond acceptors (Lipinski definition) is 18. The third kappa shape index (κ3) is 35.8. The summed E-state index contributed by atoms with van der Waals surface area (Å²) in [7, 11) is 0. The van der Waals surface area contributed by atoms with E-state index in [9.17, 15) is 61.0 Å². The minimum absolute atomic E-state index is 0.234. The zero-order valence-corrected chi connectivity index (χ0v) is 57.0. The number of ether oxygens (including phenoxy) is 6. The maximum absolute atomic E-state index is 13.4. The van der Waals surface area contributed by atoms with Gasteiger partial charge in [0.05, 0.1) is 38.6 Å². The lowest BCUT2D eigenvalue weighted by molar-refractivity contribution is -0.379. The van der Waals surface area contributed by atoms with Crippen LogP contribution in [-0.4, -0.2) is 193 Å². The summed E-state index contributed by atoms with van der Waals surface area (Å²) in [5.74, 6) is -0.287. The fourth-order valence-electron chi connectivity index (χ4n) is 12.3. The highest BCUT2D eigenvalue weighted by molar-refractivity contribution is 5.76. The summed E-state index contributed by atoms with van der Waals surface area (Å²) >= 11 is 0. The normalized spacial score (nSPS) is 27.9. The minimum Gasteiger partial charge on any atom is -0.394 e. The third-order valence-electron chi connectivity index (χ3n) is 18.3. The van der Waals surface area contributed by atoms with Crippen LogP contribution in [0.2, 0.25) is 0 Å². The molecule has 3 aliphatic heterocycles. The molecule has 3 rings (SSSR count). The van der Waals surface area contributed by atoms with Crippen molar-refractivity contribution in [2.75, 3.05) is 26.4 Å². The lowest BCUT2D eigenvalue weighted by Crippen LogP contribution is -2.66. The number of rotatable bonds is 57. The highest BCUT2D eigenvalue weighted by atomic mass is 16.8. The number of nitrogens with one attached hydrogen (secondary N) is 1. The van der Waals surface area contributed by atoms with Crippen molar-refractivity contribution >= 4 is 5.91 Å². The Hall–Kier alpha value is -2.25. The van der Waals surface area contributed by atoms with Gasteiger partial charge in [0.1, 0.15) is 73.2 Å². The zero-order valence-electron chi connectivity index (χ0n) is 57.0. The Morgan fingerprint density at radius 3 is 1.09 bits per heavy atom. The van der Waals surface area contributed by atoms with Crippen LogP contribution < -0.4 is 5.32 Å². The van der Waals surface area contributed by atoms with Gasteiger partial charge < -0.3 is 89.9 Å². The van der Waals surface area contributed by atoms with Crippen molar-refractivity contribution in [3.05, 3.63) is 48.6 Å². The zero-order chi connectivity index (χ0) is 66.8. The van der Waals surface area contributed by atoms with E-state index in [1.54, 1.807) is 6.08 Å². The molecule has 0 aliphatic carbocycles. The van der Waals surface area contributed by atoms with Gasteiger partial charge in [0, 0.05) is 6.42 Å². The van der Waals surface area contributed by atoms with Gasteiger partial charge in [-0.3, -0.25) is 4.79 Å². The Balaban J connectivity index is 1.38. The lowest BCUT2D eigenvalue weighted by atomic mass is 9.96. The number of aliphatic hydroxyl groups excluding tert-OH is 11. The Labute approximate surface area is 554 Å². The van der Waals surface area contributed by atoms with Crippen LogP contribution in [0.25, 0.3) is 0 Å². The van der Waals surface area contributed by atoms with E-state index in [2.05, 4.69) is 55.6 Å². The molecular weight excluding hydrogens is 1180 g/mol. The van der Waals surface area contributed by atoms with Crippen LogP contribution in [0.3, 0.4) is 0 Å². The number of unbranched alkanes of at least 4 members (excludes halogenated alkanes) is 35. The third-order valence-corrected chi connectivity index (χ3v) is 18.3. The molecule has 0 spiro atoms. The van der Waals surface area contributed by atoms with Gasteiger partial charge in [0.15, 0.2) is 18.9 Å². The van der Waals surface area contributed by atoms with Crippen LogP contribution >= 0.6 is 0 Å². The average Bonchev–Trinajstić information content (AvgIpc) is 0.837. The van der Waals surface area contributed by atoms with E-state index >= 15 is 0 Å². The van der Waals surface area contributed by atoms with Crippen molar-refractivity contribution in [2.45, 2.75) is 381 Å². The summed E-state index contributed by atoms with van der Waals surface area (Å²) in [6, 6.07) is -0.996. The molecule has 19 heteroatoms. The van der Waals surface area contributed by atoms with Crippen molar-refractivity contribution in [1.82, 2.24) is 5.32 Å². The molecule has 12 N–H and O–H groups in total. The van der Waals surface area contributed by atoms with Gasteiger partial charge >= 0.3 is 0 Å². The molecule has 0 aromatic heterocycles. The van der Waals surface area contributed by atoms with Crippen molar-refractivity contribution in [2.24, 2.45) is 0 Å². The molecule has 3 aliphatic rings. The van der Waals surface area contributed by atoms with Gasteiger partial charge in [-0.05, 0) is 70.6 Å². The lowest BCUT2D eigenvalue weighted by Gasteiger charge is -2.48. The van der Waals surface area contributed by atoms with Gasteiger partial charge in [0.25, 0.3) is 0 Å². The first-order valence-electron chi connectivity index (χ1n) is 36.9. The predicted octanol–water partition coefficient (Wildman–Crippen LogP) is 10.6.